The Kier molecular flexibility index (Phi) is 3.57. The molecule has 6 heteroatoms. The Labute approximate surface area is 108 Å². The molecular formula is C10H14IN5. The number of nitrogens with zero attached hydrogens (tertiary/aromatic N) is 3. The predicted molar refractivity (Wildman–Crippen MR) is 71.6 cm³/mol. The highest BCUT2D eigenvalue weighted by Crippen LogP contribution is 2.29. The molecule has 0 amide bonds. The molecule has 1 heterocycles. The van der Waals surface area contributed by atoms with Crippen molar-refractivity contribution in [1.29, 1.82) is 5.41 Å². The summed E-state index contributed by atoms with van der Waals surface area (Å²) in [5.74, 6) is 0.973. The Morgan fingerprint density at radius 2 is 2.12 bits per heavy atom. The maximum absolute atomic E-state index is 7.25. The molecule has 86 valence electrons. The van der Waals surface area contributed by atoms with Gasteiger partial charge in [-0.25, -0.2) is 9.97 Å². The Morgan fingerprint density at radius 3 is 2.62 bits per heavy atom. The van der Waals surface area contributed by atoms with Gasteiger partial charge in [-0.3, -0.25) is 5.41 Å². The number of amidine groups is 1. The van der Waals surface area contributed by atoms with Crippen molar-refractivity contribution in [3.8, 4) is 0 Å². The fraction of sp³-hybridized carbons (Fsp3) is 0.500. The molecule has 1 aliphatic carbocycles. The van der Waals surface area contributed by atoms with Gasteiger partial charge in [-0.1, -0.05) is 0 Å². The van der Waals surface area contributed by atoms with Gasteiger partial charge in [0, 0.05) is 35.0 Å². The number of hydrogen-bond acceptors (Lipinski definition) is 4. The first-order valence-corrected chi connectivity index (χ1v) is 6.32. The lowest BCUT2D eigenvalue weighted by molar-refractivity contribution is 0.762. The molecule has 0 radical (unpaired) electrons. The van der Waals surface area contributed by atoms with Crippen molar-refractivity contribution in [2.24, 2.45) is 5.73 Å². The van der Waals surface area contributed by atoms with E-state index in [4.69, 9.17) is 11.1 Å². The quantitative estimate of drug-likeness (QED) is 0.485. The molecular weight excluding hydrogens is 317 g/mol. The minimum atomic E-state index is 0.219. The third kappa shape index (κ3) is 3.03. The number of hydrogen-bond donors (Lipinski definition) is 2. The van der Waals surface area contributed by atoms with E-state index in [0.29, 0.717) is 12.5 Å². The minimum absolute atomic E-state index is 0.219. The zero-order valence-electron chi connectivity index (χ0n) is 8.86. The van der Waals surface area contributed by atoms with Crippen molar-refractivity contribution in [2.75, 3.05) is 11.4 Å². The minimum Gasteiger partial charge on any atom is -0.388 e. The molecule has 16 heavy (non-hydrogen) atoms. The van der Waals surface area contributed by atoms with Gasteiger partial charge in [-0.15, -0.1) is 0 Å². The fourth-order valence-electron chi connectivity index (χ4n) is 1.53. The average molecular weight is 331 g/mol. The Bertz CT molecular complexity index is 373. The molecule has 2 rings (SSSR count). The topological polar surface area (TPSA) is 78.9 Å². The number of halogens is 1. The van der Waals surface area contributed by atoms with Gasteiger partial charge in [-0.05, 0) is 35.4 Å². The van der Waals surface area contributed by atoms with Crippen LogP contribution in [0.1, 0.15) is 19.3 Å². The maximum atomic E-state index is 7.25. The second-order valence-electron chi connectivity index (χ2n) is 3.90. The second-order valence-corrected chi connectivity index (χ2v) is 5.15. The molecule has 0 aromatic carbocycles. The van der Waals surface area contributed by atoms with Crippen molar-refractivity contribution in [2.45, 2.75) is 25.3 Å². The van der Waals surface area contributed by atoms with Crippen LogP contribution in [0.4, 0.5) is 5.95 Å². The first-order chi connectivity index (χ1) is 7.66. The first kappa shape index (κ1) is 11.6. The molecule has 0 unspecified atom stereocenters. The van der Waals surface area contributed by atoms with E-state index in [1.807, 2.05) is 12.4 Å². The van der Waals surface area contributed by atoms with E-state index in [9.17, 15) is 0 Å². The van der Waals surface area contributed by atoms with Gasteiger partial charge in [0.25, 0.3) is 0 Å². The summed E-state index contributed by atoms with van der Waals surface area (Å²) in [7, 11) is 0. The Balaban J connectivity index is 2.06. The largest absolute Gasteiger partial charge is 0.388 e. The van der Waals surface area contributed by atoms with Crippen LogP contribution in [0.25, 0.3) is 0 Å². The van der Waals surface area contributed by atoms with Crippen molar-refractivity contribution in [1.82, 2.24) is 9.97 Å². The van der Waals surface area contributed by atoms with Gasteiger partial charge in [0.05, 0.1) is 5.84 Å². The molecule has 0 spiro atoms. The molecule has 0 bridgehead atoms. The lowest BCUT2D eigenvalue weighted by atomic mass is 10.3. The Morgan fingerprint density at radius 1 is 1.50 bits per heavy atom. The average Bonchev–Trinajstić information content (AvgIpc) is 3.04. The Hall–Kier alpha value is -0.920. The van der Waals surface area contributed by atoms with Gasteiger partial charge in [0.1, 0.15) is 0 Å². The van der Waals surface area contributed by atoms with Crippen LogP contribution >= 0.6 is 22.6 Å². The van der Waals surface area contributed by atoms with Crippen molar-refractivity contribution < 1.29 is 0 Å². The summed E-state index contributed by atoms with van der Waals surface area (Å²) in [4.78, 5) is 10.8. The summed E-state index contributed by atoms with van der Waals surface area (Å²) in [5, 5.41) is 7.25. The van der Waals surface area contributed by atoms with Gasteiger partial charge in [0.2, 0.25) is 5.95 Å². The van der Waals surface area contributed by atoms with Crippen LogP contribution in [-0.2, 0) is 0 Å². The predicted octanol–water partition coefficient (Wildman–Crippen LogP) is 1.38. The zero-order valence-corrected chi connectivity index (χ0v) is 11.0. The SMILES string of the molecule is N=C(N)CCN(c1ncc(I)cn1)C1CC1. The molecule has 0 saturated heterocycles. The van der Waals surface area contributed by atoms with E-state index in [1.165, 1.54) is 12.8 Å². The number of anilines is 1. The highest BCUT2D eigenvalue weighted by molar-refractivity contribution is 14.1. The van der Waals surface area contributed by atoms with E-state index in [1.54, 1.807) is 0 Å². The number of rotatable bonds is 5. The number of nitrogens with one attached hydrogen (secondary N) is 1. The van der Waals surface area contributed by atoms with Crippen molar-refractivity contribution >= 4 is 34.4 Å². The van der Waals surface area contributed by atoms with Crippen LogP contribution in [0, 0.1) is 8.98 Å². The molecule has 1 fully saturated rings. The molecule has 0 atom stereocenters. The lowest BCUT2D eigenvalue weighted by Crippen LogP contribution is -2.31. The van der Waals surface area contributed by atoms with Crippen LogP contribution in [0.3, 0.4) is 0 Å². The normalized spacial score (nSPS) is 14.8. The first-order valence-electron chi connectivity index (χ1n) is 5.24. The summed E-state index contributed by atoms with van der Waals surface area (Å²) >= 11 is 2.19. The van der Waals surface area contributed by atoms with Crippen LogP contribution in [0.15, 0.2) is 12.4 Å². The van der Waals surface area contributed by atoms with E-state index >= 15 is 0 Å². The lowest BCUT2D eigenvalue weighted by Gasteiger charge is -2.21. The van der Waals surface area contributed by atoms with Crippen LogP contribution < -0.4 is 10.6 Å². The maximum Gasteiger partial charge on any atom is 0.225 e. The smallest absolute Gasteiger partial charge is 0.225 e. The summed E-state index contributed by atoms with van der Waals surface area (Å²) < 4.78 is 1.03. The van der Waals surface area contributed by atoms with E-state index < -0.39 is 0 Å². The van der Waals surface area contributed by atoms with E-state index in [-0.39, 0.29) is 5.84 Å². The number of aromatic nitrogens is 2. The fourth-order valence-corrected chi connectivity index (χ4v) is 1.81. The second kappa shape index (κ2) is 4.94. The molecule has 1 aromatic rings. The van der Waals surface area contributed by atoms with Crippen molar-refractivity contribution in [3.63, 3.8) is 0 Å². The molecule has 1 aromatic heterocycles. The molecule has 1 saturated carbocycles. The highest BCUT2D eigenvalue weighted by atomic mass is 127. The van der Waals surface area contributed by atoms with Gasteiger partial charge >= 0.3 is 0 Å². The third-order valence-corrected chi connectivity index (χ3v) is 3.03. The van der Waals surface area contributed by atoms with Gasteiger partial charge in [0.15, 0.2) is 0 Å². The standard InChI is InChI=1S/C10H14IN5/c11-7-5-14-10(15-6-7)16(8-1-2-8)4-3-9(12)13/h5-6,8H,1-4H2,(H3,12,13). The molecule has 0 aliphatic heterocycles. The van der Waals surface area contributed by atoms with Gasteiger partial charge < -0.3 is 10.6 Å². The summed E-state index contributed by atoms with van der Waals surface area (Å²) in [5.41, 5.74) is 5.38. The highest BCUT2D eigenvalue weighted by Gasteiger charge is 2.30. The van der Waals surface area contributed by atoms with Crippen LogP contribution in [-0.4, -0.2) is 28.4 Å². The van der Waals surface area contributed by atoms with E-state index in [2.05, 4.69) is 37.5 Å². The van der Waals surface area contributed by atoms with Gasteiger partial charge in [-0.2, -0.15) is 0 Å². The van der Waals surface area contributed by atoms with E-state index in [0.717, 1.165) is 16.1 Å². The van der Waals surface area contributed by atoms with Crippen LogP contribution in [0.5, 0.6) is 0 Å². The number of nitrogens with two attached hydrogens (primary N) is 1. The monoisotopic (exact) mass is 331 g/mol. The van der Waals surface area contributed by atoms with Crippen LogP contribution in [0.2, 0.25) is 0 Å². The molecule has 5 nitrogen and oxygen atoms in total. The summed E-state index contributed by atoms with van der Waals surface area (Å²) in [6.45, 7) is 0.737. The molecule has 3 N–H and O–H groups in total. The third-order valence-electron chi connectivity index (χ3n) is 2.47. The molecule has 1 aliphatic rings. The summed E-state index contributed by atoms with van der Waals surface area (Å²) in [6, 6.07) is 0.541. The summed E-state index contributed by atoms with van der Waals surface area (Å²) in [6.07, 6.45) is 6.57. The zero-order chi connectivity index (χ0) is 11.5. The van der Waals surface area contributed by atoms with Crippen molar-refractivity contribution in [3.05, 3.63) is 16.0 Å².